The summed E-state index contributed by atoms with van der Waals surface area (Å²) in [6, 6.07) is 45.5. The Balaban J connectivity index is 0.00000217. The minimum absolute atomic E-state index is 0. The van der Waals surface area contributed by atoms with Crippen molar-refractivity contribution < 1.29 is 18.9 Å². The average molecular weight is 424 g/mol. The molecule has 154 valence electrons. The molecule has 0 nitrogen and oxygen atoms in total. The molecule has 0 spiro atoms. The van der Waals surface area contributed by atoms with Crippen LogP contribution in [0.3, 0.4) is 0 Å². The SMILES string of the molecule is [Li+].[c-]1cc(-c2cccc3ccccc23)cc2c1Cc1ccc(-c3cccc4ccccc34)cc1-2. The quantitative estimate of drug-likeness (QED) is 0.247. The summed E-state index contributed by atoms with van der Waals surface area (Å²) in [6.45, 7) is 0. The van der Waals surface area contributed by atoms with Gasteiger partial charge in [0, 0.05) is 0 Å². The van der Waals surface area contributed by atoms with Gasteiger partial charge in [0.05, 0.1) is 0 Å². The maximum absolute atomic E-state index is 3.62. The van der Waals surface area contributed by atoms with Crippen LogP contribution < -0.4 is 18.9 Å². The van der Waals surface area contributed by atoms with E-state index < -0.39 is 0 Å². The number of hydrogen-bond donors (Lipinski definition) is 0. The van der Waals surface area contributed by atoms with Crippen molar-refractivity contribution in [2.75, 3.05) is 0 Å². The zero-order chi connectivity index (χ0) is 21.8. The number of rotatable bonds is 2. The zero-order valence-corrected chi connectivity index (χ0v) is 19.2. The molecule has 0 aromatic heterocycles. The fraction of sp³-hybridized carbons (Fsp3) is 0.0303. The largest absolute Gasteiger partial charge is 1.00 e. The van der Waals surface area contributed by atoms with Crippen LogP contribution >= 0.6 is 0 Å². The number of fused-ring (bicyclic) bond motifs is 5. The maximum Gasteiger partial charge on any atom is 1.00 e. The van der Waals surface area contributed by atoms with Gasteiger partial charge in [0.1, 0.15) is 0 Å². The van der Waals surface area contributed by atoms with Crippen molar-refractivity contribution in [1.29, 1.82) is 0 Å². The van der Waals surface area contributed by atoms with Gasteiger partial charge in [0.15, 0.2) is 0 Å². The van der Waals surface area contributed by atoms with Gasteiger partial charge in [-0.05, 0) is 39.1 Å². The first-order chi connectivity index (χ1) is 16.3. The van der Waals surface area contributed by atoms with E-state index in [0.29, 0.717) is 0 Å². The van der Waals surface area contributed by atoms with E-state index in [9.17, 15) is 0 Å². The summed E-state index contributed by atoms with van der Waals surface area (Å²) >= 11 is 0. The Morgan fingerprint density at radius 3 is 1.79 bits per heavy atom. The monoisotopic (exact) mass is 424 g/mol. The molecular weight excluding hydrogens is 403 g/mol. The Bertz CT molecular complexity index is 1560. The van der Waals surface area contributed by atoms with Crippen molar-refractivity contribution in [3.05, 3.63) is 132 Å². The Kier molecular flexibility index (Phi) is 5.15. The Morgan fingerprint density at radius 1 is 0.500 bits per heavy atom. The minimum atomic E-state index is 0. The first-order valence-electron chi connectivity index (χ1n) is 11.5. The van der Waals surface area contributed by atoms with Crippen LogP contribution in [0.15, 0.2) is 115 Å². The van der Waals surface area contributed by atoms with Crippen molar-refractivity contribution in [3.63, 3.8) is 0 Å². The van der Waals surface area contributed by atoms with Crippen LogP contribution in [-0.2, 0) is 6.42 Å². The van der Waals surface area contributed by atoms with E-state index in [1.54, 1.807) is 0 Å². The normalized spacial score (nSPS) is 11.8. The molecule has 1 aliphatic carbocycles. The van der Waals surface area contributed by atoms with Crippen molar-refractivity contribution >= 4 is 21.5 Å². The van der Waals surface area contributed by atoms with Gasteiger partial charge in [0.25, 0.3) is 0 Å². The van der Waals surface area contributed by atoms with Crippen LogP contribution in [0.2, 0.25) is 0 Å². The van der Waals surface area contributed by atoms with Crippen molar-refractivity contribution in [3.8, 4) is 33.4 Å². The molecule has 0 radical (unpaired) electrons. The van der Waals surface area contributed by atoms with Crippen molar-refractivity contribution in [2.45, 2.75) is 6.42 Å². The van der Waals surface area contributed by atoms with Crippen LogP contribution in [0.5, 0.6) is 0 Å². The Labute approximate surface area is 212 Å². The molecule has 0 amide bonds. The maximum atomic E-state index is 3.62. The molecular formula is C33H21Li. The number of benzene rings is 6. The van der Waals surface area contributed by atoms with Crippen LogP contribution in [-0.4, -0.2) is 0 Å². The van der Waals surface area contributed by atoms with E-state index in [2.05, 4.69) is 121 Å². The molecule has 0 heterocycles. The summed E-state index contributed by atoms with van der Waals surface area (Å²) < 4.78 is 0. The molecule has 0 N–H and O–H groups in total. The summed E-state index contributed by atoms with van der Waals surface area (Å²) in [5.74, 6) is 0. The van der Waals surface area contributed by atoms with Crippen LogP contribution in [0.1, 0.15) is 11.1 Å². The molecule has 0 unspecified atom stereocenters. The molecule has 0 aliphatic heterocycles. The van der Waals surface area contributed by atoms with Crippen LogP contribution in [0.25, 0.3) is 54.9 Å². The molecule has 0 saturated heterocycles. The molecule has 6 aromatic carbocycles. The molecule has 0 atom stereocenters. The first-order valence-corrected chi connectivity index (χ1v) is 11.5. The van der Waals surface area contributed by atoms with Crippen molar-refractivity contribution in [1.82, 2.24) is 0 Å². The smallest absolute Gasteiger partial charge is 0.179 e. The fourth-order valence-electron chi connectivity index (χ4n) is 5.36. The van der Waals surface area contributed by atoms with Crippen molar-refractivity contribution in [2.24, 2.45) is 0 Å². The van der Waals surface area contributed by atoms with Crippen LogP contribution in [0.4, 0.5) is 0 Å². The average Bonchev–Trinajstić information content (AvgIpc) is 3.25. The molecule has 7 rings (SSSR count). The van der Waals surface area contributed by atoms with E-state index in [1.165, 1.54) is 66.1 Å². The predicted molar refractivity (Wildman–Crippen MR) is 139 cm³/mol. The van der Waals surface area contributed by atoms with E-state index in [4.69, 9.17) is 0 Å². The fourth-order valence-corrected chi connectivity index (χ4v) is 5.36. The third-order valence-electron chi connectivity index (χ3n) is 7.00. The molecule has 0 bridgehead atoms. The van der Waals surface area contributed by atoms with Gasteiger partial charge in [-0.15, -0.1) is 11.1 Å². The number of hydrogen-bond acceptors (Lipinski definition) is 0. The second-order valence-electron chi connectivity index (χ2n) is 8.88. The summed E-state index contributed by atoms with van der Waals surface area (Å²) in [4.78, 5) is 0. The Hall–Kier alpha value is -3.56. The summed E-state index contributed by atoms with van der Waals surface area (Å²) in [5.41, 5.74) is 10.4. The van der Waals surface area contributed by atoms with E-state index >= 15 is 0 Å². The van der Waals surface area contributed by atoms with Gasteiger partial charge in [-0.25, -0.2) is 0 Å². The first kappa shape index (κ1) is 21.0. The summed E-state index contributed by atoms with van der Waals surface area (Å²) in [5, 5.41) is 5.14. The summed E-state index contributed by atoms with van der Waals surface area (Å²) in [6.07, 6.45) is 0.955. The standard InChI is InChI=1S/C33H21.Li/c1-3-11-28-22(7-1)9-5-13-30(28)26-17-15-24-19-25-16-18-27(21-33(25)32(24)20-26)31-14-6-10-23-8-2-4-12-29(23)31;/h1-15,17-18,20-21H,19H2;/q-1;+1. The van der Waals surface area contributed by atoms with E-state index in [0.717, 1.165) is 6.42 Å². The molecule has 6 aromatic rings. The summed E-state index contributed by atoms with van der Waals surface area (Å²) in [7, 11) is 0. The molecule has 1 heteroatoms. The van der Waals surface area contributed by atoms with E-state index in [1.807, 2.05) is 0 Å². The molecule has 1 aliphatic rings. The van der Waals surface area contributed by atoms with Gasteiger partial charge in [-0.1, -0.05) is 120 Å². The minimum Gasteiger partial charge on any atom is -0.179 e. The third kappa shape index (κ3) is 3.31. The van der Waals surface area contributed by atoms with Gasteiger partial charge in [-0.3, -0.25) is 0 Å². The molecule has 34 heavy (non-hydrogen) atoms. The van der Waals surface area contributed by atoms with Gasteiger partial charge in [-0.2, -0.15) is 23.8 Å². The van der Waals surface area contributed by atoms with Gasteiger partial charge < -0.3 is 0 Å². The Morgan fingerprint density at radius 2 is 1.09 bits per heavy atom. The van der Waals surface area contributed by atoms with Crippen LogP contribution in [0, 0.1) is 6.07 Å². The molecule has 0 saturated carbocycles. The second kappa shape index (κ2) is 8.34. The van der Waals surface area contributed by atoms with E-state index in [-0.39, 0.29) is 18.9 Å². The predicted octanol–water partition coefficient (Wildman–Crippen LogP) is 5.70. The van der Waals surface area contributed by atoms with Gasteiger partial charge in [0.2, 0.25) is 0 Å². The molecule has 0 fully saturated rings. The topological polar surface area (TPSA) is 0 Å². The van der Waals surface area contributed by atoms with Gasteiger partial charge >= 0.3 is 18.9 Å². The third-order valence-corrected chi connectivity index (χ3v) is 7.00. The second-order valence-corrected chi connectivity index (χ2v) is 8.88. The zero-order valence-electron chi connectivity index (χ0n) is 19.2.